The normalized spacial score (nSPS) is 23.6. The molecule has 0 aliphatic carbocycles. The maximum atomic E-state index is 12.8. The third kappa shape index (κ3) is 6.63. The summed E-state index contributed by atoms with van der Waals surface area (Å²) in [5.74, 6) is -2.33. The van der Waals surface area contributed by atoms with E-state index in [4.69, 9.17) is 23.7 Å². The number of aromatic nitrogens is 1. The monoisotopic (exact) mass is 503 g/mol. The molecule has 1 aliphatic heterocycles. The van der Waals surface area contributed by atoms with Crippen molar-refractivity contribution < 1.29 is 42.9 Å². The van der Waals surface area contributed by atoms with Crippen molar-refractivity contribution in [2.45, 2.75) is 90.5 Å². The zero-order valence-electron chi connectivity index (χ0n) is 21.0. The van der Waals surface area contributed by atoms with Gasteiger partial charge in [0.1, 0.15) is 0 Å². The SMILES string of the molecule is CCC(=O)O[C@H]1[C@H](OC(=O)CC)[C@@H](OC(=O)CCc2c[nH]c3ccccc23)O[C@@H](C)[C@H]1OC(=O)CC. The highest BCUT2D eigenvalue weighted by Gasteiger charge is 2.52. The summed E-state index contributed by atoms with van der Waals surface area (Å²) in [6, 6.07) is 7.74. The van der Waals surface area contributed by atoms with E-state index >= 15 is 0 Å². The fourth-order valence-corrected chi connectivity index (χ4v) is 3.96. The van der Waals surface area contributed by atoms with Crippen LogP contribution in [0.1, 0.15) is 58.9 Å². The number of hydrogen-bond acceptors (Lipinski definition) is 9. The van der Waals surface area contributed by atoms with E-state index < -0.39 is 54.6 Å². The van der Waals surface area contributed by atoms with Crippen molar-refractivity contribution in [3.05, 3.63) is 36.0 Å². The number of fused-ring (bicyclic) bond motifs is 1. The Morgan fingerprint density at radius 2 is 1.39 bits per heavy atom. The van der Waals surface area contributed by atoms with Gasteiger partial charge in [-0.15, -0.1) is 0 Å². The van der Waals surface area contributed by atoms with E-state index in [1.165, 1.54) is 0 Å². The first-order valence-corrected chi connectivity index (χ1v) is 12.3. The minimum Gasteiger partial charge on any atom is -0.455 e. The summed E-state index contributed by atoms with van der Waals surface area (Å²) in [5.41, 5.74) is 1.92. The highest BCUT2D eigenvalue weighted by atomic mass is 16.7. The van der Waals surface area contributed by atoms with Gasteiger partial charge in [0, 0.05) is 42.8 Å². The number of hydrogen-bond donors (Lipinski definition) is 1. The van der Waals surface area contributed by atoms with E-state index in [1.807, 2.05) is 30.5 Å². The quantitative estimate of drug-likeness (QED) is 0.383. The molecule has 36 heavy (non-hydrogen) atoms. The van der Waals surface area contributed by atoms with Crippen LogP contribution in [0.3, 0.4) is 0 Å². The number of esters is 4. The van der Waals surface area contributed by atoms with Gasteiger partial charge < -0.3 is 28.7 Å². The Balaban J connectivity index is 1.78. The van der Waals surface area contributed by atoms with E-state index in [2.05, 4.69) is 4.98 Å². The van der Waals surface area contributed by atoms with Gasteiger partial charge in [0.15, 0.2) is 12.2 Å². The van der Waals surface area contributed by atoms with Crippen molar-refractivity contribution in [2.24, 2.45) is 0 Å². The van der Waals surface area contributed by atoms with Crippen LogP contribution in [0.5, 0.6) is 0 Å². The molecule has 0 unspecified atom stereocenters. The molecule has 2 heterocycles. The summed E-state index contributed by atoms with van der Waals surface area (Å²) >= 11 is 0. The number of para-hydroxylation sites is 1. The third-order valence-corrected chi connectivity index (χ3v) is 5.92. The lowest BCUT2D eigenvalue weighted by Crippen LogP contribution is -2.61. The number of aromatic amines is 1. The van der Waals surface area contributed by atoms with Gasteiger partial charge in [-0.1, -0.05) is 39.0 Å². The first kappa shape index (κ1) is 27.2. The highest BCUT2D eigenvalue weighted by molar-refractivity contribution is 5.83. The van der Waals surface area contributed by atoms with Gasteiger partial charge in [0.2, 0.25) is 12.4 Å². The fraction of sp³-hybridized carbons (Fsp3) is 0.538. The lowest BCUT2D eigenvalue weighted by Gasteiger charge is -2.43. The van der Waals surface area contributed by atoms with Crippen molar-refractivity contribution in [1.82, 2.24) is 4.98 Å². The summed E-state index contributed by atoms with van der Waals surface area (Å²) in [5, 5.41) is 1.01. The Labute approximate surface area is 209 Å². The van der Waals surface area contributed by atoms with Crippen LogP contribution < -0.4 is 0 Å². The summed E-state index contributed by atoms with van der Waals surface area (Å²) in [7, 11) is 0. The van der Waals surface area contributed by atoms with Gasteiger partial charge in [-0.05, 0) is 25.0 Å². The lowest BCUT2D eigenvalue weighted by molar-refractivity contribution is -0.294. The van der Waals surface area contributed by atoms with Crippen LogP contribution in [0.25, 0.3) is 10.9 Å². The van der Waals surface area contributed by atoms with Gasteiger partial charge >= 0.3 is 23.9 Å². The summed E-state index contributed by atoms with van der Waals surface area (Å²) in [6.07, 6.45) is -3.27. The second-order valence-corrected chi connectivity index (χ2v) is 8.48. The molecule has 3 rings (SSSR count). The van der Waals surface area contributed by atoms with E-state index in [1.54, 1.807) is 27.7 Å². The predicted molar refractivity (Wildman–Crippen MR) is 128 cm³/mol. The van der Waals surface area contributed by atoms with Crippen LogP contribution in [-0.4, -0.2) is 59.6 Å². The number of aryl methyl sites for hydroxylation is 1. The molecule has 1 aromatic carbocycles. The molecule has 10 heteroatoms. The lowest BCUT2D eigenvalue weighted by atomic mass is 9.98. The number of nitrogens with one attached hydrogen (secondary N) is 1. The highest BCUT2D eigenvalue weighted by Crippen LogP contribution is 2.30. The molecule has 1 aliphatic rings. The molecule has 1 aromatic heterocycles. The first-order valence-electron chi connectivity index (χ1n) is 12.3. The van der Waals surface area contributed by atoms with Crippen molar-refractivity contribution in [3.8, 4) is 0 Å². The van der Waals surface area contributed by atoms with E-state index in [0.29, 0.717) is 6.42 Å². The van der Waals surface area contributed by atoms with E-state index in [-0.39, 0.29) is 25.7 Å². The van der Waals surface area contributed by atoms with Crippen molar-refractivity contribution >= 4 is 34.8 Å². The molecule has 196 valence electrons. The second-order valence-electron chi connectivity index (χ2n) is 8.48. The first-order chi connectivity index (χ1) is 17.3. The van der Waals surface area contributed by atoms with Gasteiger partial charge in [0.05, 0.1) is 6.10 Å². The van der Waals surface area contributed by atoms with Crippen LogP contribution in [-0.2, 0) is 49.3 Å². The summed E-state index contributed by atoms with van der Waals surface area (Å²) in [4.78, 5) is 52.4. The second kappa shape index (κ2) is 12.5. The van der Waals surface area contributed by atoms with Crippen molar-refractivity contribution in [1.29, 1.82) is 0 Å². The van der Waals surface area contributed by atoms with Crippen LogP contribution in [0.4, 0.5) is 0 Å². The fourth-order valence-electron chi connectivity index (χ4n) is 3.96. The molecule has 0 bridgehead atoms. The average molecular weight is 504 g/mol. The minimum atomic E-state index is -1.35. The molecule has 1 N–H and O–H groups in total. The minimum absolute atomic E-state index is 0.0289. The summed E-state index contributed by atoms with van der Waals surface area (Å²) in [6.45, 7) is 6.42. The largest absolute Gasteiger partial charge is 0.455 e. The van der Waals surface area contributed by atoms with Gasteiger partial charge in [0.25, 0.3) is 0 Å². The van der Waals surface area contributed by atoms with E-state index in [0.717, 1.165) is 16.5 Å². The maximum Gasteiger partial charge on any atom is 0.308 e. The standard InChI is InChI=1S/C26H33NO9/c1-5-19(28)33-23-15(4)32-26(25(35-21(30)7-3)24(23)34-20(29)6-2)36-22(31)13-12-16-14-27-18-11-9-8-10-17(16)18/h8-11,14-15,23-27H,5-7,12-13H2,1-4H3/t15-,23+,24+,25-,26+/m0/s1. The van der Waals surface area contributed by atoms with Crippen molar-refractivity contribution in [2.75, 3.05) is 0 Å². The molecule has 1 fully saturated rings. The Morgan fingerprint density at radius 1 is 0.806 bits per heavy atom. The summed E-state index contributed by atoms with van der Waals surface area (Å²) < 4.78 is 27.9. The topological polar surface area (TPSA) is 130 Å². The number of benzene rings is 1. The third-order valence-electron chi connectivity index (χ3n) is 5.92. The Hall–Kier alpha value is -3.40. The zero-order valence-corrected chi connectivity index (χ0v) is 21.0. The Morgan fingerprint density at radius 3 is 2.03 bits per heavy atom. The van der Waals surface area contributed by atoms with Crippen molar-refractivity contribution in [3.63, 3.8) is 0 Å². The number of carbonyl (C=O) groups is 4. The Kier molecular flexibility index (Phi) is 9.46. The smallest absolute Gasteiger partial charge is 0.308 e. The molecule has 0 radical (unpaired) electrons. The molecule has 0 saturated carbocycles. The van der Waals surface area contributed by atoms with Crippen LogP contribution in [0, 0.1) is 0 Å². The van der Waals surface area contributed by atoms with Crippen LogP contribution >= 0.6 is 0 Å². The molecular formula is C26H33NO9. The number of ether oxygens (including phenoxy) is 5. The van der Waals surface area contributed by atoms with E-state index in [9.17, 15) is 19.2 Å². The zero-order chi connectivity index (χ0) is 26.2. The molecular weight excluding hydrogens is 470 g/mol. The molecule has 5 atom stereocenters. The number of H-pyrrole nitrogens is 1. The molecule has 2 aromatic rings. The number of rotatable bonds is 10. The molecule has 10 nitrogen and oxygen atoms in total. The van der Waals surface area contributed by atoms with Gasteiger partial charge in [-0.25, -0.2) is 0 Å². The van der Waals surface area contributed by atoms with Gasteiger partial charge in [-0.2, -0.15) is 0 Å². The Bertz CT molecular complexity index is 1080. The maximum absolute atomic E-state index is 12.8. The van der Waals surface area contributed by atoms with Crippen LogP contribution in [0.15, 0.2) is 30.5 Å². The molecule has 0 spiro atoms. The predicted octanol–water partition coefficient (Wildman–Crippen LogP) is 3.35. The average Bonchev–Trinajstić information content (AvgIpc) is 3.29. The molecule has 0 amide bonds. The molecule has 1 saturated heterocycles. The van der Waals surface area contributed by atoms with Crippen LogP contribution in [0.2, 0.25) is 0 Å². The number of carbonyl (C=O) groups excluding carboxylic acids is 4. The van der Waals surface area contributed by atoms with Gasteiger partial charge in [-0.3, -0.25) is 19.2 Å².